The third-order valence-corrected chi connectivity index (χ3v) is 9.15. The van der Waals surface area contributed by atoms with E-state index in [9.17, 15) is 45.7 Å². The van der Waals surface area contributed by atoms with Crippen molar-refractivity contribution in [3.8, 4) is 22.9 Å². The predicted octanol–water partition coefficient (Wildman–Crippen LogP) is 4.63. The van der Waals surface area contributed by atoms with E-state index in [1.807, 2.05) is 0 Å². The van der Waals surface area contributed by atoms with Crippen LogP contribution in [0, 0.1) is 13.8 Å². The Hall–Kier alpha value is -5.37. The van der Waals surface area contributed by atoms with Crippen molar-refractivity contribution < 1.29 is 57.8 Å². The zero-order valence-corrected chi connectivity index (χ0v) is 32.1. The minimum Gasteiger partial charge on any atom is -0.870 e. The zero-order valence-electron chi connectivity index (χ0n) is 30.7. The molecule has 0 saturated heterocycles. The normalized spacial score (nSPS) is 11.7. The Morgan fingerprint density at radius 1 is 0.600 bits per heavy atom. The van der Waals surface area contributed by atoms with Crippen LogP contribution in [-0.4, -0.2) is 35.3 Å². The van der Waals surface area contributed by atoms with E-state index in [0.29, 0.717) is 11.4 Å². The Balaban J connectivity index is 0.000000543. The number of azo groups is 2. The molecule has 4 aromatic carbocycles. The first kappa shape index (κ1) is 42.4. The first-order valence-electron chi connectivity index (χ1n) is 14.8. The molecular weight excluding hydrogens is 843 g/mol. The van der Waals surface area contributed by atoms with E-state index in [-0.39, 0.29) is 54.4 Å². The van der Waals surface area contributed by atoms with Crippen LogP contribution in [0.2, 0.25) is 10.0 Å². The Morgan fingerprint density at radius 2 is 0.927 bits per heavy atom. The molecule has 55 heavy (non-hydrogen) atoms. The molecule has 0 amide bonds. The Labute approximate surface area is 336 Å². The molecule has 0 saturated carbocycles. The van der Waals surface area contributed by atoms with Gasteiger partial charge in [-0.1, -0.05) is 84.9 Å². The van der Waals surface area contributed by atoms with Crippen LogP contribution >= 0.6 is 23.2 Å². The van der Waals surface area contributed by atoms with Crippen molar-refractivity contribution in [1.82, 2.24) is 19.6 Å². The molecule has 1 radical (unpaired) electrons. The van der Waals surface area contributed by atoms with Gasteiger partial charge < -0.3 is 38.9 Å². The number of hydrogen-bond acceptors (Lipinski definition) is 14. The van der Waals surface area contributed by atoms with Crippen LogP contribution in [0.4, 0.5) is 22.7 Å². The van der Waals surface area contributed by atoms with Crippen LogP contribution in [-0.2, 0) is 37.6 Å². The summed E-state index contributed by atoms with van der Waals surface area (Å²) in [4.78, 5) is 22.9. The minimum absolute atomic E-state index is 0. The van der Waals surface area contributed by atoms with E-state index < -0.39 is 64.0 Å². The molecule has 0 bridgehead atoms. The summed E-state index contributed by atoms with van der Waals surface area (Å²) in [6.45, 7) is 3.05. The molecule has 23 heteroatoms. The van der Waals surface area contributed by atoms with Crippen LogP contribution in [0.3, 0.4) is 0 Å². The Morgan fingerprint density at radius 3 is 1.24 bits per heavy atom. The maximum Gasteiger partial charge on any atom is 3.00 e. The third kappa shape index (κ3) is 9.66. The van der Waals surface area contributed by atoms with Gasteiger partial charge in [0.25, 0.3) is 11.1 Å². The molecular formula is C32H23Cl2CrN8O10S2. The van der Waals surface area contributed by atoms with Crippen molar-refractivity contribution in [3.63, 3.8) is 0 Å². The van der Waals surface area contributed by atoms with Gasteiger partial charge in [0.2, 0.25) is 0 Å². The molecule has 18 nitrogen and oxygen atoms in total. The van der Waals surface area contributed by atoms with Gasteiger partial charge in [-0.3, -0.25) is 9.59 Å². The van der Waals surface area contributed by atoms with Crippen molar-refractivity contribution in [2.75, 3.05) is 0 Å². The maximum absolute atomic E-state index is 12.5. The van der Waals surface area contributed by atoms with Gasteiger partial charge in [-0.25, -0.2) is 16.8 Å². The summed E-state index contributed by atoms with van der Waals surface area (Å²) in [5, 5.41) is 46.7. The van der Waals surface area contributed by atoms with Gasteiger partial charge in [-0.05, 0) is 48.5 Å². The summed E-state index contributed by atoms with van der Waals surface area (Å²) in [6, 6.07) is 20.7. The molecule has 0 aliphatic heterocycles. The van der Waals surface area contributed by atoms with E-state index in [0.717, 1.165) is 33.6 Å². The summed E-state index contributed by atoms with van der Waals surface area (Å²) in [5.74, 6) is -2.31. The van der Waals surface area contributed by atoms with E-state index in [4.69, 9.17) is 23.2 Å². The van der Waals surface area contributed by atoms with Crippen molar-refractivity contribution in [2.45, 2.75) is 23.6 Å². The topological polar surface area (TPSA) is 282 Å². The second kappa shape index (κ2) is 17.0. The monoisotopic (exact) mass is 865 g/mol. The molecule has 0 spiro atoms. The molecule has 6 aromatic rings. The Bertz CT molecular complexity index is 2610. The van der Waals surface area contributed by atoms with Crippen LogP contribution in [0.5, 0.6) is 11.5 Å². The summed E-state index contributed by atoms with van der Waals surface area (Å²) in [5.41, 5.74) is -0.862. The number of rotatable bonds is 8. The fourth-order valence-corrected chi connectivity index (χ4v) is 6.31. The van der Waals surface area contributed by atoms with Crippen LogP contribution in [0.25, 0.3) is 11.4 Å². The van der Waals surface area contributed by atoms with Crippen LogP contribution in [0.15, 0.2) is 125 Å². The first-order chi connectivity index (χ1) is 25.4. The summed E-state index contributed by atoms with van der Waals surface area (Å²) in [7, 11) is -10.1. The standard InChI is InChI=1S/2C16H13ClN4O5S.Cr/c2*1-9-14(16(23)21(20-9)11-5-3-2-4-6-11)19-18-12-7-10(17)8-13(15(12)22)27(24,25)26;/h2*2-8H,1H3,(H3,18,19,20,22,23,24,25,26);/q;;+3/p-3. The van der Waals surface area contributed by atoms with Crippen LogP contribution in [0.1, 0.15) is 15.7 Å². The number of aryl methyl sites for hydroxylation is 2. The SMILES string of the molecule is Cc1[n-]n(-c2ccccc2)c(=O)c1N=Nc1cc(Cl)cc(S(=O)(=O)[O-])c1[O-].Cc1[n-]n(-c2ccccc2)c(=O)c1N=Nc1cc(Cl)cc(S(=O)(=O)[O-])c1[O-].[Cr+3].[H+].[H+].[H+]. The number of hydrogen-bond donors (Lipinski definition) is 0. The zero-order chi connectivity index (χ0) is 39.5. The summed E-state index contributed by atoms with van der Waals surface area (Å²) >= 11 is 11.5. The van der Waals surface area contributed by atoms with Gasteiger partial charge in [0.15, 0.2) is 0 Å². The van der Waals surface area contributed by atoms with Gasteiger partial charge in [-0.15, -0.1) is 21.6 Å². The van der Waals surface area contributed by atoms with Gasteiger partial charge in [0.05, 0.1) is 21.2 Å². The minimum atomic E-state index is -5.04. The van der Waals surface area contributed by atoms with Gasteiger partial charge >= 0.3 is 21.6 Å². The average molecular weight is 867 g/mol. The largest absolute Gasteiger partial charge is 3.00 e. The van der Waals surface area contributed by atoms with E-state index in [1.54, 1.807) is 60.7 Å². The number of halogens is 2. The number of nitrogens with zero attached hydrogens (tertiary/aromatic N) is 8. The van der Waals surface area contributed by atoms with E-state index >= 15 is 0 Å². The van der Waals surface area contributed by atoms with Crippen molar-refractivity contribution >= 4 is 66.2 Å². The van der Waals surface area contributed by atoms with Crippen LogP contribution < -0.4 is 31.5 Å². The van der Waals surface area contributed by atoms with Crippen molar-refractivity contribution in [3.05, 3.63) is 127 Å². The number of para-hydroxylation sites is 2. The molecule has 2 aromatic heterocycles. The second-order valence-corrected chi connectivity index (χ2v) is 14.4. The van der Waals surface area contributed by atoms with Crippen molar-refractivity contribution in [1.29, 1.82) is 0 Å². The molecule has 0 N–H and O–H groups in total. The van der Waals surface area contributed by atoms with Gasteiger partial charge in [0.1, 0.15) is 31.6 Å². The third-order valence-electron chi connectivity index (χ3n) is 7.03. The molecule has 6 rings (SSSR count). The molecule has 0 aliphatic rings. The average Bonchev–Trinajstić information content (AvgIpc) is 3.57. The molecule has 0 atom stereocenters. The molecule has 2 heterocycles. The summed E-state index contributed by atoms with van der Waals surface area (Å²) < 4.78 is 69.1. The van der Waals surface area contributed by atoms with Crippen molar-refractivity contribution in [2.24, 2.45) is 20.5 Å². The number of benzene rings is 4. The fraction of sp³-hybridized carbons (Fsp3) is 0.0625. The van der Waals surface area contributed by atoms with E-state index in [1.165, 1.54) is 13.8 Å². The quantitative estimate of drug-likeness (QED) is 0.149. The van der Waals surface area contributed by atoms with Gasteiger partial charge in [0, 0.05) is 21.4 Å². The Kier molecular flexibility index (Phi) is 13.1. The predicted molar refractivity (Wildman–Crippen MR) is 190 cm³/mol. The summed E-state index contributed by atoms with van der Waals surface area (Å²) in [6.07, 6.45) is 0. The molecule has 0 unspecified atom stereocenters. The number of aromatic nitrogens is 4. The maximum atomic E-state index is 12.5. The van der Waals surface area contributed by atoms with Gasteiger partial charge in [-0.2, -0.15) is 10.2 Å². The molecule has 0 fully saturated rings. The fourth-order valence-electron chi connectivity index (χ4n) is 4.55. The molecule has 0 aliphatic carbocycles. The first-order valence-corrected chi connectivity index (χ1v) is 18.3. The molecule has 283 valence electrons. The smallest absolute Gasteiger partial charge is 0.870 e. The van der Waals surface area contributed by atoms with E-state index in [2.05, 4.69) is 30.7 Å². The second-order valence-electron chi connectivity index (χ2n) is 10.8.